The predicted octanol–water partition coefficient (Wildman–Crippen LogP) is 3.84. The molecule has 0 aliphatic rings. The summed E-state index contributed by atoms with van der Waals surface area (Å²) in [7, 11) is 0. The summed E-state index contributed by atoms with van der Waals surface area (Å²) in [6.45, 7) is 0.487. The number of benzene rings is 2. The van der Waals surface area contributed by atoms with Gasteiger partial charge >= 0.3 is 0 Å². The first-order chi connectivity index (χ1) is 9.35. The van der Waals surface area contributed by atoms with Gasteiger partial charge in [0.15, 0.2) is 0 Å². The fourth-order valence-electron chi connectivity index (χ4n) is 1.96. The molecular weight excluding hydrogens is 252 g/mol. The van der Waals surface area contributed by atoms with Gasteiger partial charge < -0.3 is 5.73 Å². The van der Waals surface area contributed by atoms with E-state index in [-0.39, 0.29) is 0 Å². The number of pyridine rings is 1. The van der Waals surface area contributed by atoms with Gasteiger partial charge in [-0.25, -0.2) is 0 Å². The number of nitrogens with two attached hydrogens (primary N) is 1. The molecule has 3 rings (SSSR count). The zero-order chi connectivity index (χ0) is 13.1. The topological polar surface area (TPSA) is 38.9 Å². The molecule has 3 aromatic rings. The third-order valence-corrected chi connectivity index (χ3v) is 3.93. The van der Waals surface area contributed by atoms with Crippen LogP contribution in [0.5, 0.6) is 0 Å². The molecule has 19 heavy (non-hydrogen) atoms. The summed E-state index contributed by atoms with van der Waals surface area (Å²) in [5.41, 5.74) is 6.46. The van der Waals surface area contributed by atoms with E-state index in [2.05, 4.69) is 53.5 Å². The molecule has 0 spiro atoms. The average Bonchev–Trinajstić information content (AvgIpc) is 2.48. The van der Waals surface area contributed by atoms with Gasteiger partial charge in [-0.3, -0.25) is 4.98 Å². The summed E-state index contributed by atoms with van der Waals surface area (Å²) in [5, 5.41) is 2.53. The molecule has 0 saturated heterocycles. The maximum absolute atomic E-state index is 5.55. The molecule has 0 saturated carbocycles. The molecule has 0 atom stereocenters. The number of rotatable bonds is 3. The van der Waals surface area contributed by atoms with Crippen LogP contribution < -0.4 is 5.73 Å². The Morgan fingerprint density at radius 1 is 0.895 bits per heavy atom. The Balaban J connectivity index is 1.87. The molecule has 3 heteroatoms. The zero-order valence-electron chi connectivity index (χ0n) is 10.4. The summed E-state index contributed by atoms with van der Waals surface area (Å²) < 4.78 is 0. The molecule has 0 aliphatic carbocycles. The first-order valence-electron chi connectivity index (χ1n) is 6.17. The smallest absolute Gasteiger partial charge is 0.0540 e. The minimum atomic E-state index is 0.487. The van der Waals surface area contributed by atoms with E-state index in [1.54, 1.807) is 11.8 Å². The van der Waals surface area contributed by atoms with Crippen molar-refractivity contribution in [3.8, 4) is 0 Å². The molecule has 2 nitrogen and oxygen atoms in total. The molecule has 1 heterocycles. The summed E-state index contributed by atoms with van der Waals surface area (Å²) in [6, 6.07) is 18.9. The van der Waals surface area contributed by atoms with Crippen molar-refractivity contribution in [2.75, 3.05) is 0 Å². The lowest BCUT2D eigenvalue weighted by molar-refractivity contribution is 0.977. The van der Waals surface area contributed by atoms with Crippen LogP contribution in [-0.2, 0) is 6.54 Å². The van der Waals surface area contributed by atoms with Crippen LogP contribution in [-0.4, -0.2) is 4.98 Å². The lowest BCUT2D eigenvalue weighted by Crippen LogP contribution is -1.98. The number of aromatic nitrogens is 1. The first kappa shape index (κ1) is 12.2. The summed E-state index contributed by atoms with van der Waals surface area (Å²) in [4.78, 5) is 6.66. The summed E-state index contributed by atoms with van der Waals surface area (Å²) in [5.74, 6) is 0. The molecule has 1 aromatic heterocycles. The van der Waals surface area contributed by atoms with Crippen LogP contribution in [0.1, 0.15) is 5.69 Å². The Hall–Kier alpha value is -1.84. The van der Waals surface area contributed by atoms with E-state index in [1.165, 1.54) is 15.7 Å². The molecule has 2 N–H and O–H groups in total. The van der Waals surface area contributed by atoms with Crippen LogP contribution in [0.3, 0.4) is 0 Å². The van der Waals surface area contributed by atoms with Crippen molar-refractivity contribution in [3.63, 3.8) is 0 Å². The highest BCUT2D eigenvalue weighted by Crippen LogP contribution is 2.29. The van der Waals surface area contributed by atoms with Crippen LogP contribution in [0, 0.1) is 0 Å². The first-order valence-corrected chi connectivity index (χ1v) is 6.98. The van der Waals surface area contributed by atoms with Gasteiger partial charge in [0, 0.05) is 22.5 Å². The molecule has 94 valence electrons. The van der Waals surface area contributed by atoms with Crippen molar-refractivity contribution < 1.29 is 0 Å². The van der Waals surface area contributed by atoms with Gasteiger partial charge in [0.05, 0.1) is 5.69 Å². The van der Waals surface area contributed by atoms with E-state index >= 15 is 0 Å². The molecule has 0 bridgehead atoms. The van der Waals surface area contributed by atoms with E-state index in [0.717, 1.165) is 10.6 Å². The standard InChI is InChI=1S/C16H14N2S/c17-10-14-6-8-16(11-18-14)19-15-7-5-12-3-1-2-4-13(12)9-15/h1-9,11H,10,17H2. The maximum Gasteiger partial charge on any atom is 0.0540 e. The van der Waals surface area contributed by atoms with E-state index in [4.69, 9.17) is 5.73 Å². The largest absolute Gasteiger partial charge is 0.325 e. The Morgan fingerprint density at radius 2 is 1.68 bits per heavy atom. The molecule has 0 unspecified atom stereocenters. The third-order valence-electron chi connectivity index (χ3n) is 2.96. The number of nitrogens with zero attached hydrogens (tertiary/aromatic N) is 1. The molecule has 0 radical (unpaired) electrons. The van der Waals surface area contributed by atoms with Gasteiger partial charge in [-0.1, -0.05) is 42.1 Å². The van der Waals surface area contributed by atoms with Crippen LogP contribution in [0.15, 0.2) is 70.6 Å². The van der Waals surface area contributed by atoms with Crippen LogP contribution >= 0.6 is 11.8 Å². The SMILES string of the molecule is NCc1ccc(Sc2ccc3ccccc3c2)cn1. The molecule has 0 amide bonds. The van der Waals surface area contributed by atoms with E-state index in [9.17, 15) is 0 Å². The second-order valence-electron chi connectivity index (χ2n) is 4.30. The Morgan fingerprint density at radius 3 is 2.42 bits per heavy atom. The van der Waals surface area contributed by atoms with E-state index < -0.39 is 0 Å². The minimum Gasteiger partial charge on any atom is -0.325 e. The summed E-state index contributed by atoms with van der Waals surface area (Å²) >= 11 is 1.72. The van der Waals surface area contributed by atoms with Gasteiger partial charge in [-0.15, -0.1) is 0 Å². The normalized spacial score (nSPS) is 10.8. The lowest BCUT2D eigenvalue weighted by Gasteiger charge is -2.04. The highest BCUT2D eigenvalue weighted by atomic mass is 32.2. The van der Waals surface area contributed by atoms with Gasteiger partial charge in [-0.05, 0) is 35.0 Å². The highest BCUT2D eigenvalue weighted by molar-refractivity contribution is 7.99. The van der Waals surface area contributed by atoms with E-state index in [0.29, 0.717) is 6.54 Å². The summed E-state index contributed by atoms with van der Waals surface area (Å²) in [6.07, 6.45) is 1.88. The van der Waals surface area contributed by atoms with Crippen LogP contribution in [0.25, 0.3) is 10.8 Å². The highest BCUT2D eigenvalue weighted by Gasteiger charge is 2.00. The average molecular weight is 266 g/mol. The monoisotopic (exact) mass is 266 g/mol. The zero-order valence-corrected chi connectivity index (χ0v) is 11.2. The van der Waals surface area contributed by atoms with Crippen molar-refractivity contribution >= 4 is 22.5 Å². The van der Waals surface area contributed by atoms with E-state index in [1.807, 2.05) is 12.3 Å². The predicted molar refractivity (Wildman–Crippen MR) is 80.2 cm³/mol. The van der Waals surface area contributed by atoms with Crippen LogP contribution in [0.4, 0.5) is 0 Å². The molecule has 0 fully saturated rings. The van der Waals surface area contributed by atoms with Crippen molar-refractivity contribution in [2.24, 2.45) is 5.73 Å². The molecule has 2 aromatic carbocycles. The Kier molecular flexibility index (Phi) is 3.49. The van der Waals surface area contributed by atoms with Gasteiger partial charge in [0.25, 0.3) is 0 Å². The fourth-order valence-corrected chi connectivity index (χ4v) is 2.79. The third kappa shape index (κ3) is 2.78. The second-order valence-corrected chi connectivity index (χ2v) is 5.45. The maximum atomic E-state index is 5.55. The van der Waals surface area contributed by atoms with Crippen molar-refractivity contribution in [1.29, 1.82) is 0 Å². The molecular formula is C16H14N2S. The number of hydrogen-bond donors (Lipinski definition) is 1. The Bertz CT molecular complexity index is 692. The van der Waals surface area contributed by atoms with Crippen molar-refractivity contribution in [3.05, 3.63) is 66.5 Å². The molecule has 0 aliphatic heterocycles. The number of fused-ring (bicyclic) bond motifs is 1. The van der Waals surface area contributed by atoms with Crippen molar-refractivity contribution in [2.45, 2.75) is 16.3 Å². The minimum absolute atomic E-state index is 0.487. The van der Waals surface area contributed by atoms with Gasteiger partial charge in [0.2, 0.25) is 0 Å². The lowest BCUT2D eigenvalue weighted by atomic mass is 10.1. The number of hydrogen-bond acceptors (Lipinski definition) is 3. The second kappa shape index (κ2) is 5.43. The Labute approximate surface area is 116 Å². The quantitative estimate of drug-likeness (QED) is 0.782. The van der Waals surface area contributed by atoms with Gasteiger partial charge in [-0.2, -0.15) is 0 Å². The van der Waals surface area contributed by atoms with Crippen molar-refractivity contribution in [1.82, 2.24) is 4.98 Å². The van der Waals surface area contributed by atoms with Crippen LogP contribution in [0.2, 0.25) is 0 Å². The fraction of sp³-hybridized carbons (Fsp3) is 0.0625. The van der Waals surface area contributed by atoms with Gasteiger partial charge in [0.1, 0.15) is 0 Å².